The second-order valence-corrected chi connectivity index (χ2v) is 2.68. The van der Waals surface area contributed by atoms with Crippen molar-refractivity contribution < 1.29 is 0 Å². The van der Waals surface area contributed by atoms with E-state index < -0.39 is 0 Å². The quantitative estimate of drug-likeness (QED) is 0.536. The monoisotopic (exact) mass is 135 g/mol. The lowest BCUT2D eigenvalue weighted by atomic mass is 10.1. The average Bonchev–Trinajstić information content (AvgIpc) is 1.87. The predicted molar refractivity (Wildman–Crippen MR) is 38.2 cm³/mol. The standard InChI is InChI=1S/C6H13N.ClH/c1-5-2-3-6(7)4-5;/h5-6H,2-4,7H2,1H3;1H/t5-,6+;/m1./s1. The van der Waals surface area contributed by atoms with Gasteiger partial charge in [0.25, 0.3) is 0 Å². The zero-order valence-corrected chi connectivity index (χ0v) is 6.08. The van der Waals surface area contributed by atoms with Gasteiger partial charge in [0.05, 0.1) is 0 Å². The molecule has 1 nitrogen and oxygen atoms in total. The molecule has 0 aromatic rings. The van der Waals surface area contributed by atoms with Crippen LogP contribution in [0.2, 0.25) is 0 Å². The summed E-state index contributed by atoms with van der Waals surface area (Å²) >= 11 is 0. The molecule has 0 radical (unpaired) electrons. The lowest BCUT2D eigenvalue weighted by Gasteiger charge is -1.97. The molecule has 2 atom stereocenters. The Morgan fingerprint density at radius 3 is 2.12 bits per heavy atom. The van der Waals surface area contributed by atoms with Crippen molar-refractivity contribution in [3.05, 3.63) is 0 Å². The maximum Gasteiger partial charge on any atom is 0.00414 e. The summed E-state index contributed by atoms with van der Waals surface area (Å²) in [5, 5.41) is 0. The van der Waals surface area contributed by atoms with Crippen LogP contribution in [0.5, 0.6) is 0 Å². The minimum Gasteiger partial charge on any atom is -0.328 e. The van der Waals surface area contributed by atoms with E-state index in [1.54, 1.807) is 0 Å². The molecule has 0 bridgehead atoms. The van der Waals surface area contributed by atoms with Gasteiger partial charge in [-0.1, -0.05) is 6.92 Å². The topological polar surface area (TPSA) is 26.0 Å². The van der Waals surface area contributed by atoms with Crippen LogP contribution in [0.1, 0.15) is 26.2 Å². The zero-order valence-electron chi connectivity index (χ0n) is 5.26. The highest BCUT2D eigenvalue weighted by molar-refractivity contribution is 5.85. The second-order valence-electron chi connectivity index (χ2n) is 2.68. The highest BCUT2D eigenvalue weighted by atomic mass is 35.5. The molecule has 1 aliphatic rings. The van der Waals surface area contributed by atoms with E-state index in [0.717, 1.165) is 5.92 Å². The van der Waals surface area contributed by atoms with Crippen molar-refractivity contribution in [3.63, 3.8) is 0 Å². The van der Waals surface area contributed by atoms with Crippen LogP contribution in [-0.2, 0) is 0 Å². The van der Waals surface area contributed by atoms with Gasteiger partial charge in [-0.05, 0) is 25.2 Å². The molecule has 0 spiro atoms. The van der Waals surface area contributed by atoms with Gasteiger partial charge in [-0.15, -0.1) is 12.4 Å². The highest BCUT2D eigenvalue weighted by Gasteiger charge is 2.16. The van der Waals surface area contributed by atoms with E-state index in [1.807, 2.05) is 0 Å². The van der Waals surface area contributed by atoms with Gasteiger partial charge in [-0.3, -0.25) is 0 Å². The summed E-state index contributed by atoms with van der Waals surface area (Å²) in [6.07, 6.45) is 3.85. The summed E-state index contributed by atoms with van der Waals surface area (Å²) in [6, 6.07) is 0.523. The summed E-state index contributed by atoms with van der Waals surface area (Å²) < 4.78 is 0. The van der Waals surface area contributed by atoms with Crippen molar-refractivity contribution in [1.82, 2.24) is 0 Å². The van der Waals surface area contributed by atoms with Crippen LogP contribution in [0.4, 0.5) is 0 Å². The summed E-state index contributed by atoms with van der Waals surface area (Å²) in [5.41, 5.74) is 5.63. The predicted octanol–water partition coefficient (Wildman–Crippen LogP) is 1.56. The van der Waals surface area contributed by atoms with Crippen molar-refractivity contribution in [2.45, 2.75) is 32.2 Å². The van der Waals surface area contributed by atoms with E-state index in [9.17, 15) is 0 Å². The molecule has 8 heavy (non-hydrogen) atoms. The highest BCUT2D eigenvalue weighted by Crippen LogP contribution is 2.22. The maximum absolute atomic E-state index is 5.63. The molecular formula is C6H14ClN. The van der Waals surface area contributed by atoms with Crippen molar-refractivity contribution in [2.24, 2.45) is 11.7 Å². The van der Waals surface area contributed by atoms with Crippen LogP contribution in [0, 0.1) is 5.92 Å². The van der Waals surface area contributed by atoms with Crippen molar-refractivity contribution in [3.8, 4) is 0 Å². The number of hydrogen-bond acceptors (Lipinski definition) is 1. The van der Waals surface area contributed by atoms with Crippen molar-refractivity contribution >= 4 is 12.4 Å². The largest absolute Gasteiger partial charge is 0.328 e. The normalized spacial score (nSPS) is 36.8. The minimum absolute atomic E-state index is 0. The summed E-state index contributed by atoms with van der Waals surface area (Å²) in [5.74, 6) is 0.898. The minimum atomic E-state index is 0. The van der Waals surface area contributed by atoms with Crippen LogP contribution in [-0.4, -0.2) is 6.04 Å². The van der Waals surface area contributed by atoms with Gasteiger partial charge >= 0.3 is 0 Å². The zero-order chi connectivity index (χ0) is 5.28. The molecule has 0 aromatic heterocycles. The Morgan fingerprint density at radius 2 is 2.00 bits per heavy atom. The van der Waals surface area contributed by atoms with Gasteiger partial charge in [0.15, 0.2) is 0 Å². The van der Waals surface area contributed by atoms with E-state index in [4.69, 9.17) is 5.73 Å². The molecule has 1 aliphatic carbocycles. The molecule has 0 unspecified atom stereocenters. The molecule has 2 N–H and O–H groups in total. The van der Waals surface area contributed by atoms with E-state index in [-0.39, 0.29) is 12.4 Å². The fourth-order valence-corrected chi connectivity index (χ4v) is 1.25. The number of hydrogen-bond donors (Lipinski definition) is 1. The molecule has 0 saturated heterocycles. The Hall–Kier alpha value is 0.250. The van der Waals surface area contributed by atoms with Crippen LogP contribution < -0.4 is 5.73 Å². The summed E-state index contributed by atoms with van der Waals surface area (Å²) in [6.45, 7) is 2.27. The van der Waals surface area contributed by atoms with Gasteiger partial charge in [-0.25, -0.2) is 0 Å². The maximum atomic E-state index is 5.63. The molecular weight excluding hydrogens is 122 g/mol. The number of rotatable bonds is 0. The summed E-state index contributed by atoms with van der Waals surface area (Å²) in [7, 11) is 0. The average molecular weight is 136 g/mol. The van der Waals surface area contributed by atoms with Crippen LogP contribution in [0.15, 0.2) is 0 Å². The third-order valence-electron chi connectivity index (χ3n) is 1.74. The first-order chi connectivity index (χ1) is 3.29. The number of nitrogens with two attached hydrogens (primary N) is 1. The van der Waals surface area contributed by atoms with Gasteiger partial charge in [-0.2, -0.15) is 0 Å². The lowest BCUT2D eigenvalue weighted by Crippen LogP contribution is -2.14. The van der Waals surface area contributed by atoms with Crippen LogP contribution in [0.25, 0.3) is 0 Å². The third kappa shape index (κ3) is 2.01. The molecule has 0 aliphatic heterocycles. The SMILES string of the molecule is C[C@@H]1CC[C@H](N)C1.Cl. The van der Waals surface area contributed by atoms with Crippen LogP contribution >= 0.6 is 12.4 Å². The molecule has 0 amide bonds. The smallest absolute Gasteiger partial charge is 0.00414 e. The second kappa shape index (κ2) is 3.31. The van der Waals surface area contributed by atoms with E-state index in [2.05, 4.69) is 6.92 Å². The van der Waals surface area contributed by atoms with Gasteiger partial charge in [0.2, 0.25) is 0 Å². The Kier molecular flexibility index (Phi) is 3.41. The molecule has 2 heteroatoms. The fourth-order valence-electron chi connectivity index (χ4n) is 1.25. The first kappa shape index (κ1) is 8.25. The Balaban J connectivity index is 0.000000490. The molecule has 1 fully saturated rings. The molecule has 0 heterocycles. The Bertz CT molecular complexity index is 57.5. The Labute approximate surface area is 57.1 Å². The molecule has 0 aromatic carbocycles. The first-order valence-corrected chi connectivity index (χ1v) is 3.04. The Morgan fingerprint density at radius 1 is 1.38 bits per heavy atom. The molecule has 1 rings (SSSR count). The van der Waals surface area contributed by atoms with Crippen molar-refractivity contribution in [1.29, 1.82) is 0 Å². The summed E-state index contributed by atoms with van der Waals surface area (Å²) in [4.78, 5) is 0. The molecule has 50 valence electrons. The first-order valence-electron chi connectivity index (χ1n) is 3.04. The third-order valence-corrected chi connectivity index (χ3v) is 1.74. The van der Waals surface area contributed by atoms with E-state index in [1.165, 1.54) is 19.3 Å². The fraction of sp³-hybridized carbons (Fsp3) is 1.00. The van der Waals surface area contributed by atoms with Crippen molar-refractivity contribution in [2.75, 3.05) is 0 Å². The molecule has 1 saturated carbocycles. The lowest BCUT2D eigenvalue weighted by molar-refractivity contribution is 0.594. The van der Waals surface area contributed by atoms with E-state index >= 15 is 0 Å². The van der Waals surface area contributed by atoms with E-state index in [0.29, 0.717) is 6.04 Å². The van der Waals surface area contributed by atoms with Gasteiger partial charge in [0.1, 0.15) is 0 Å². The van der Waals surface area contributed by atoms with Gasteiger partial charge in [0, 0.05) is 6.04 Å². The van der Waals surface area contributed by atoms with Crippen LogP contribution in [0.3, 0.4) is 0 Å². The van der Waals surface area contributed by atoms with Gasteiger partial charge < -0.3 is 5.73 Å². The number of halogens is 1.